The molecule has 1 rings (SSSR count). The number of carbonyl (C=O) groups excluding carboxylic acids is 2. The predicted octanol–water partition coefficient (Wildman–Crippen LogP) is 0.0890. The summed E-state index contributed by atoms with van der Waals surface area (Å²) in [5.74, 6) is 0.0321. The minimum atomic E-state index is -0.679. The molecular weight excluding hydrogens is 186 g/mol. The van der Waals surface area contributed by atoms with Crippen LogP contribution in [0.2, 0.25) is 0 Å². The maximum Gasteiger partial charge on any atom is 0.419 e. The number of urea groups is 1. The summed E-state index contributed by atoms with van der Waals surface area (Å²) in [5, 5.41) is 2.50. The number of amides is 3. The maximum atomic E-state index is 11.3. The fraction of sp³-hybridized carbons (Fsp3) is 0.750. The lowest BCUT2D eigenvalue weighted by molar-refractivity contribution is 0.0561. The zero-order chi connectivity index (χ0) is 10.7. The molecule has 0 spiro atoms. The van der Waals surface area contributed by atoms with E-state index in [9.17, 15) is 9.59 Å². The van der Waals surface area contributed by atoms with Crippen LogP contribution in [-0.2, 0) is 4.74 Å². The second kappa shape index (κ2) is 4.28. The summed E-state index contributed by atoms with van der Waals surface area (Å²) in [6.45, 7) is 4.47. The van der Waals surface area contributed by atoms with Crippen LogP contribution in [0.3, 0.4) is 0 Å². The highest BCUT2D eigenvalue weighted by atomic mass is 16.6. The average molecular weight is 201 g/mol. The van der Waals surface area contributed by atoms with Crippen LogP contribution < -0.4 is 11.1 Å². The lowest BCUT2D eigenvalue weighted by Gasteiger charge is -2.19. The van der Waals surface area contributed by atoms with E-state index in [1.807, 2.05) is 13.8 Å². The van der Waals surface area contributed by atoms with Crippen molar-refractivity contribution in [2.45, 2.75) is 20.1 Å². The molecule has 0 aromatic carbocycles. The third-order valence-corrected chi connectivity index (χ3v) is 1.97. The zero-order valence-electron chi connectivity index (χ0n) is 8.32. The van der Waals surface area contributed by atoms with Crippen LogP contribution in [0.25, 0.3) is 0 Å². The van der Waals surface area contributed by atoms with Gasteiger partial charge in [0.05, 0.1) is 6.54 Å². The van der Waals surface area contributed by atoms with Gasteiger partial charge >= 0.3 is 12.1 Å². The van der Waals surface area contributed by atoms with Crippen molar-refractivity contribution < 1.29 is 14.3 Å². The molecule has 1 unspecified atom stereocenters. The van der Waals surface area contributed by atoms with Gasteiger partial charge in [0.25, 0.3) is 0 Å². The maximum absolute atomic E-state index is 11.3. The number of nitrogens with two attached hydrogens (primary N) is 1. The van der Waals surface area contributed by atoms with Gasteiger partial charge < -0.3 is 10.1 Å². The molecule has 1 saturated heterocycles. The van der Waals surface area contributed by atoms with Gasteiger partial charge in [-0.25, -0.2) is 14.5 Å². The van der Waals surface area contributed by atoms with Gasteiger partial charge in [0.1, 0.15) is 0 Å². The summed E-state index contributed by atoms with van der Waals surface area (Å²) < 4.78 is 4.87. The molecule has 1 atom stereocenters. The Hall–Kier alpha value is -1.30. The monoisotopic (exact) mass is 201 g/mol. The van der Waals surface area contributed by atoms with Gasteiger partial charge in [-0.3, -0.25) is 5.73 Å². The molecule has 1 aliphatic heterocycles. The van der Waals surface area contributed by atoms with Crippen LogP contribution in [0.15, 0.2) is 0 Å². The van der Waals surface area contributed by atoms with Crippen LogP contribution in [0.4, 0.5) is 9.59 Å². The average Bonchev–Trinajstić information content (AvgIpc) is 2.51. The first-order valence-electron chi connectivity index (χ1n) is 4.54. The van der Waals surface area contributed by atoms with Crippen molar-refractivity contribution in [1.29, 1.82) is 0 Å². The summed E-state index contributed by atoms with van der Waals surface area (Å²) in [5.41, 5.74) is 5.53. The van der Waals surface area contributed by atoms with Crippen molar-refractivity contribution in [1.82, 2.24) is 10.2 Å². The Balaban J connectivity index is 2.45. The van der Waals surface area contributed by atoms with Crippen LogP contribution in [-0.4, -0.2) is 36.3 Å². The number of nitrogens with zero attached hydrogens (tertiary/aromatic N) is 1. The van der Waals surface area contributed by atoms with Crippen LogP contribution in [0.1, 0.15) is 13.8 Å². The molecule has 6 nitrogen and oxygen atoms in total. The molecule has 1 aliphatic rings. The van der Waals surface area contributed by atoms with E-state index in [1.54, 1.807) is 0 Å². The normalized spacial score (nSPS) is 18.3. The first-order valence-corrected chi connectivity index (χ1v) is 4.54. The predicted molar refractivity (Wildman–Crippen MR) is 49.4 cm³/mol. The van der Waals surface area contributed by atoms with E-state index < -0.39 is 18.4 Å². The van der Waals surface area contributed by atoms with Crippen LogP contribution in [0.5, 0.6) is 0 Å². The molecule has 0 saturated carbocycles. The number of nitrogens with one attached hydrogen (secondary N) is 1. The Morgan fingerprint density at radius 1 is 1.64 bits per heavy atom. The fourth-order valence-electron chi connectivity index (χ4n) is 0.962. The fourth-order valence-corrected chi connectivity index (χ4v) is 0.962. The largest absolute Gasteiger partial charge is 0.430 e. The smallest absolute Gasteiger partial charge is 0.419 e. The van der Waals surface area contributed by atoms with Crippen molar-refractivity contribution in [3.8, 4) is 0 Å². The Bertz CT molecular complexity index is 242. The molecule has 1 fully saturated rings. The van der Waals surface area contributed by atoms with E-state index in [2.05, 4.69) is 5.32 Å². The third-order valence-electron chi connectivity index (χ3n) is 1.97. The molecule has 14 heavy (non-hydrogen) atoms. The summed E-state index contributed by atoms with van der Waals surface area (Å²) in [6, 6.07) is -0.425. The standard InChI is InChI=1S/C8H15N3O3/c1-5(2)6(9)14-8(13)11-4-3-10-7(11)12/h5-6H,3-4,9H2,1-2H3,(H,10,12). The van der Waals surface area contributed by atoms with E-state index in [0.717, 1.165) is 4.90 Å². The summed E-state index contributed by atoms with van der Waals surface area (Å²) in [7, 11) is 0. The number of hydrogen-bond acceptors (Lipinski definition) is 4. The van der Waals surface area contributed by atoms with Crippen molar-refractivity contribution >= 4 is 12.1 Å². The second-order valence-electron chi connectivity index (χ2n) is 3.48. The minimum absolute atomic E-state index is 0.0321. The lowest BCUT2D eigenvalue weighted by atomic mass is 10.2. The van der Waals surface area contributed by atoms with Crippen LogP contribution >= 0.6 is 0 Å². The molecule has 0 radical (unpaired) electrons. The molecule has 1 heterocycles. The molecule has 3 amide bonds. The molecule has 3 N–H and O–H groups in total. The minimum Gasteiger partial charge on any atom is -0.430 e. The number of rotatable bonds is 2. The summed E-state index contributed by atoms with van der Waals surface area (Å²) in [6.07, 6.45) is -1.35. The molecular formula is C8H15N3O3. The van der Waals surface area contributed by atoms with E-state index in [4.69, 9.17) is 10.5 Å². The molecule has 0 aromatic heterocycles. The van der Waals surface area contributed by atoms with Gasteiger partial charge in [0, 0.05) is 12.5 Å². The SMILES string of the molecule is CC(C)C(N)OC(=O)N1CCNC1=O. The summed E-state index contributed by atoms with van der Waals surface area (Å²) in [4.78, 5) is 23.4. The summed E-state index contributed by atoms with van der Waals surface area (Å²) >= 11 is 0. The van der Waals surface area contributed by atoms with Gasteiger partial charge in [0.15, 0.2) is 6.23 Å². The highest BCUT2D eigenvalue weighted by Gasteiger charge is 2.29. The van der Waals surface area contributed by atoms with Crippen LogP contribution in [0, 0.1) is 5.92 Å². The Labute approximate surface area is 82.4 Å². The molecule has 0 bridgehead atoms. The van der Waals surface area contributed by atoms with Crippen molar-refractivity contribution in [2.24, 2.45) is 11.7 Å². The number of ether oxygens (including phenoxy) is 1. The van der Waals surface area contributed by atoms with Gasteiger partial charge in [-0.15, -0.1) is 0 Å². The number of carbonyl (C=O) groups is 2. The lowest BCUT2D eigenvalue weighted by Crippen LogP contribution is -2.41. The highest BCUT2D eigenvalue weighted by Crippen LogP contribution is 2.05. The topological polar surface area (TPSA) is 84.7 Å². The van der Waals surface area contributed by atoms with E-state index in [0.29, 0.717) is 13.1 Å². The van der Waals surface area contributed by atoms with Gasteiger partial charge in [-0.2, -0.15) is 0 Å². The van der Waals surface area contributed by atoms with Gasteiger partial charge in [-0.1, -0.05) is 13.8 Å². The quantitative estimate of drug-likeness (QED) is 0.620. The first kappa shape index (κ1) is 10.8. The molecule has 0 aromatic rings. The van der Waals surface area contributed by atoms with Gasteiger partial charge in [0.2, 0.25) is 0 Å². The number of imide groups is 1. The molecule has 6 heteroatoms. The van der Waals surface area contributed by atoms with Gasteiger partial charge in [-0.05, 0) is 0 Å². The number of hydrogen-bond donors (Lipinski definition) is 2. The highest BCUT2D eigenvalue weighted by molar-refractivity contribution is 5.92. The first-order chi connectivity index (χ1) is 6.52. The third kappa shape index (κ3) is 2.35. The van der Waals surface area contributed by atoms with E-state index >= 15 is 0 Å². The molecule has 80 valence electrons. The Morgan fingerprint density at radius 3 is 2.71 bits per heavy atom. The second-order valence-corrected chi connectivity index (χ2v) is 3.48. The van der Waals surface area contributed by atoms with E-state index in [1.165, 1.54) is 0 Å². The zero-order valence-corrected chi connectivity index (χ0v) is 8.32. The molecule has 0 aliphatic carbocycles. The Kier molecular flexibility index (Phi) is 3.29. The van der Waals surface area contributed by atoms with Crippen molar-refractivity contribution in [3.05, 3.63) is 0 Å². The Morgan fingerprint density at radius 2 is 2.29 bits per heavy atom. The van der Waals surface area contributed by atoms with E-state index in [-0.39, 0.29) is 5.92 Å². The van der Waals surface area contributed by atoms with Crippen molar-refractivity contribution in [3.63, 3.8) is 0 Å². The van der Waals surface area contributed by atoms with Crippen molar-refractivity contribution in [2.75, 3.05) is 13.1 Å².